The van der Waals surface area contributed by atoms with Gasteiger partial charge in [-0.25, -0.2) is 4.79 Å². The van der Waals surface area contributed by atoms with E-state index in [9.17, 15) is 14.9 Å². The highest BCUT2D eigenvalue weighted by molar-refractivity contribution is 5.85. The minimum atomic E-state index is -1.08. The van der Waals surface area contributed by atoms with Crippen LogP contribution in [0.1, 0.15) is 25.3 Å². The number of aliphatic carboxylic acids is 1. The van der Waals surface area contributed by atoms with Crippen LogP contribution in [0.2, 0.25) is 0 Å². The molecule has 1 saturated heterocycles. The molecule has 0 spiro atoms. The molecule has 0 aliphatic carbocycles. The smallest absolute Gasteiger partial charge is 0.328 e. The SMILES string of the molecule is CC1CCN(c2ccc(/C=C/C(=O)O)cc2[N+](=O)[O-])CC1. The van der Waals surface area contributed by atoms with Crippen molar-refractivity contribution in [1.29, 1.82) is 0 Å². The normalized spacial score (nSPS) is 16.3. The van der Waals surface area contributed by atoms with Crippen LogP contribution in [-0.2, 0) is 4.79 Å². The topological polar surface area (TPSA) is 83.7 Å². The number of carboxylic acids is 1. The lowest BCUT2D eigenvalue weighted by Crippen LogP contribution is -2.33. The van der Waals surface area contributed by atoms with Crippen molar-refractivity contribution in [1.82, 2.24) is 0 Å². The van der Waals surface area contributed by atoms with Gasteiger partial charge in [0, 0.05) is 25.2 Å². The summed E-state index contributed by atoms with van der Waals surface area (Å²) < 4.78 is 0. The zero-order valence-corrected chi connectivity index (χ0v) is 11.9. The average Bonchev–Trinajstić information content (AvgIpc) is 2.45. The van der Waals surface area contributed by atoms with E-state index in [0.29, 0.717) is 17.2 Å². The lowest BCUT2D eigenvalue weighted by molar-refractivity contribution is -0.384. The molecule has 0 amide bonds. The van der Waals surface area contributed by atoms with Crippen LogP contribution in [0.3, 0.4) is 0 Å². The number of nitrogens with zero attached hydrogens (tertiary/aromatic N) is 2. The van der Waals surface area contributed by atoms with Gasteiger partial charge in [-0.15, -0.1) is 0 Å². The van der Waals surface area contributed by atoms with E-state index in [2.05, 4.69) is 6.92 Å². The summed E-state index contributed by atoms with van der Waals surface area (Å²) in [6.45, 7) is 3.81. The fraction of sp³-hybridized carbons (Fsp3) is 0.400. The van der Waals surface area contributed by atoms with Crippen molar-refractivity contribution in [2.75, 3.05) is 18.0 Å². The van der Waals surface area contributed by atoms with Gasteiger partial charge in [0.25, 0.3) is 5.69 Å². The molecule has 1 aliphatic rings. The summed E-state index contributed by atoms with van der Waals surface area (Å²) in [7, 11) is 0. The molecule has 1 aliphatic heterocycles. The molecule has 1 N–H and O–H groups in total. The van der Waals surface area contributed by atoms with Crippen molar-refractivity contribution in [2.24, 2.45) is 5.92 Å². The lowest BCUT2D eigenvalue weighted by Gasteiger charge is -2.31. The Morgan fingerprint density at radius 1 is 1.43 bits per heavy atom. The molecule has 0 bridgehead atoms. The molecule has 6 nitrogen and oxygen atoms in total. The summed E-state index contributed by atoms with van der Waals surface area (Å²) in [6, 6.07) is 4.84. The fourth-order valence-corrected chi connectivity index (χ4v) is 2.47. The highest BCUT2D eigenvalue weighted by Crippen LogP contribution is 2.32. The summed E-state index contributed by atoms with van der Waals surface area (Å²) in [5.74, 6) is -0.426. The third kappa shape index (κ3) is 3.81. The highest BCUT2D eigenvalue weighted by atomic mass is 16.6. The molecule has 1 aromatic rings. The maximum atomic E-state index is 11.3. The molecule has 21 heavy (non-hydrogen) atoms. The quantitative estimate of drug-likeness (QED) is 0.523. The van der Waals surface area contributed by atoms with Gasteiger partial charge in [-0.05, 0) is 36.5 Å². The molecular weight excluding hydrogens is 272 g/mol. The Labute approximate surface area is 122 Å². The summed E-state index contributed by atoms with van der Waals surface area (Å²) in [5, 5.41) is 19.9. The van der Waals surface area contributed by atoms with Crippen LogP contribution in [0, 0.1) is 16.0 Å². The van der Waals surface area contributed by atoms with Gasteiger partial charge in [0.1, 0.15) is 5.69 Å². The first-order valence-electron chi connectivity index (χ1n) is 6.92. The Hall–Kier alpha value is -2.37. The number of hydrogen-bond donors (Lipinski definition) is 1. The molecule has 2 rings (SSSR count). The highest BCUT2D eigenvalue weighted by Gasteiger charge is 2.23. The van der Waals surface area contributed by atoms with Crippen LogP contribution in [-0.4, -0.2) is 29.1 Å². The van der Waals surface area contributed by atoms with E-state index in [-0.39, 0.29) is 5.69 Å². The zero-order chi connectivity index (χ0) is 15.4. The standard InChI is InChI=1S/C15H18N2O4/c1-11-6-8-16(9-7-11)13-4-2-12(3-5-15(18)19)10-14(13)17(20)21/h2-5,10-11H,6-9H2,1H3,(H,18,19)/b5-3+. The number of nitro groups is 1. The Bertz CT molecular complexity index is 575. The van der Waals surface area contributed by atoms with E-state index >= 15 is 0 Å². The summed E-state index contributed by atoms with van der Waals surface area (Å²) >= 11 is 0. The molecule has 0 saturated carbocycles. The largest absolute Gasteiger partial charge is 0.478 e. The summed E-state index contributed by atoms with van der Waals surface area (Å²) in [5.41, 5.74) is 1.15. The first-order valence-corrected chi connectivity index (χ1v) is 6.92. The molecular formula is C15H18N2O4. The van der Waals surface area contributed by atoms with Crippen LogP contribution in [0.4, 0.5) is 11.4 Å². The second-order valence-electron chi connectivity index (χ2n) is 5.35. The van der Waals surface area contributed by atoms with E-state index in [0.717, 1.165) is 32.0 Å². The predicted octanol–water partition coefficient (Wildman–Crippen LogP) is 2.93. The van der Waals surface area contributed by atoms with Gasteiger partial charge in [0.15, 0.2) is 0 Å². The van der Waals surface area contributed by atoms with Crippen molar-refractivity contribution < 1.29 is 14.8 Å². The minimum Gasteiger partial charge on any atom is -0.478 e. The van der Waals surface area contributed by atoms with E-state index in [1.807, 2.05) is 4.90 Å². The number of hydrogen-bond acceptors (Lipinski definition) is 4. The maximum absolute atomic E-state index is 11.3. The summed E-state index contributed by atoms with van der Waals surface area (Å²) in [4.78, 5) is 23.4. The van der Waals surface area contributed by atoms with Gasteiger partial charge in [0.2, 0.25) is 0 Å². The van der Waals surface area contributed by atoms with Crippen LogP contribution >= 0.6 is 0 Å². The van der Waals surface area contributed by atoms with Crippen molar-refractivity contribution >= 4 is 23.4 Å². The fourth-order valence-electron chi connectivity index (χ4n) is 2.47. The van der Waals surface area contributed by atoms with E-state index in [1.165, 1.54) is 12.1 Å². The Morgan fingerprint density at radius 3 is 2.67 bits per heavy atom. The second-order valence-corrected chi connectivity index (χ2v) is 5.35. The van der Waals surface area contributed by atoms with Crippen LogP contribution in [0.15, 0.2) is 24.3 Å². The van der Waals surface area contributed by atoms with Gasteiger partial charge in [0.05, 0.1) is 4.92 Å². The Kier molecular flexibility index (Phi) is 4.57. The Balaban J connectivity index is 2.29. The van der Waals surface area contributed by atoms with E-state index in [1.54, 1.807) is 12.1 Å². The zero-order valence-electron chi connectivity index (χ0n) is 11.9. The van der Waals surface area contributed by atoms with Crippen LogP contribution in [0.5, 0.6) is 0 Å². The number of carbonyl (C=O) groups is 1. The molecule has 1 heterocycles. The minimum absolute atomic E-state index is 0.0251. The molecule has 1 aromatic carbocycles. The van der Waals surface area contributed by atoms with Gasteiger partial charge >= 0.3 is 5.97 Å². The monoisotopic (exact) mass is 290 g/mol. The van der Waals surface area contributed by atoms with Gasteiger partial charge in [-0.3, -0.25) is 10.1 Å². The molecule has 0 atom stereocenters. The molecule has 6 heteroatoms. The third-order valence-corrected chi connectivity index (χ3v) is 3.74. The number of piperidine rings is 1. The molecule has 1 fully saturated rings. The third-order valence-electron chi connectivity index (χ3n) is 3.74. The van der Waals surface area contributed by atoms with Crippen LogP contribution < -0.4 is 4.90 Å². The van der Waals surface area contributed by atoms with Crippen molar-refractivity contribution in [3.63, 3.8) is 0 Å². The predicted molar refractivity (Wildman–Crippen MR) is 80.4 cm³/mol. The number of rotatable bonds is 4. The maximum Gasteiger partial charge on any atom is 0.328 e. The average molecular weight is 290 g/mol. The van der Waals surface area contributed by atoms with Gasteiger partial charge in [-0.2, -0.15) is 0 Å². The second kappa shape index (κ2) is 6.39. The number of nitro benzene ring substituents is 1. The van der Waals surface area contributed by atoms with Crippen molar-refractivity contribution in [3.05, 3.63) is 40.0 Å². The first-order chi connectivity index (χ1) is 9.97. The van der Waals surface area contributed by atoms with Crippen LogP contribution in [0.25, 0.3) is 6.08 Å². The first kappa shape index (κ1) is 15.0. The molecule has 0 unspecified atom stereocenters. The number of anilines is 1. The summed E-state index contributed by atoms with van der Waals surface area (Å²) in [6.07, 6.45) is 4.38. The lowest BCUT2D eigenvalue weighted by atomic mass is 9.98. The van der Waals surface area contributed by atoms with Crippen molar-refractivity contribution in [2.45, 2.75) is 19.8 Å². The number of benzene rings is 1. The molecule has 0 aromatic heterocycles. The van der Waals surface area contributed by atoms with Crippen molar-refractivity contribution in [3.8, 4) is 0 Å². The Morgan fingerprint density at radius 2 is 2.10 bits per heavy atom. The van der Waals surface area contributed by atoms with Gasteiger partial charge < -0.3 is 10.0 Å². The van der Waals surface area contributed by atoms with E-state index < -0.39 is 10.9 Å². The molecule has 112 valence electrons. The molecule has 0 radical (unpaired) electrons. The van der Waals surface area contributed by atoms with Gasteiger partial charge in [-0.1, -0.05) is 13.0 Å². The number of carboxylic acid groups (broad SMARTS) is 1. The van der Waals surface area contributed by atoms with E-state index in [4.69, 9.17) is 5.11 Å².